The highest BCUT2D eigenvalue weighted by molar-refractivity contribution is 6.32. The van der Waals surface area contributed by atoms with Crippen LogP contribution in [0.4, 0.5) is 17.5 Å². The average molecular weight is 432 g/mol. The third-order valence-electron chi connectivity index (χ3n) is 6.68. The Morgan fingerprint density at radius 1 is 1.33 bits per heavy atom. The smallest absolute Gasteiger partial charge is 0.229 e. The van der Waals surface area contributed by atoms with Crippen molar-refractivity contribution in [2.45, 2.75) is 51.5 Å². The summed E-state index contributed by atoms with van der Waals surface area (Å²) in [4.78, 5) is 25.3. The van der Waals surface area contributed by atoms with E-state index in [-0.39, 0.29) is 5.91 Å². The fraction of sp³-hybridized carbons (Fsp3) is 0.619. The number of hydrogen-bond acceptors (Lipinski definition) is 6. The number of carbonyl (C=O) groups is 1. The second kappa shape index (κ2) is 8.41. The van der Waals surface area contributed by atoms with Crippen LogP contribution in [-0.4, -0.2) is 56.7 Å². The second-order valence-corrected chi connectivity index (χ2v) is 9.06. The molecule has 1 amide bonds. The maximum atomic E-state index is 12.1. The van der Waals surface area contributed by atoms with Gasteiger partial charge in [-0.05, 0) is 37.5 Å². The molecule has 9 heteroatoms. The molecule has 30 heavy (non-hydrogen) atoms. The number of aromatic nitrogens is 4. The molecule has 0 atom stereocenters. The van der Waals surface area contributed by atoms with Gasteiger partial charge in [0.2, 0.25) is 11.9 Å². The van der Waals surface area contributed by atoms with Crippen LogP contribution in [0, 0.1) is 5.41 Å². The van der Waals surface area contributed by atoms with E-state index >= 15 is 0 Å². The lowest BCUT2D eigenvalue weighted by Gasteiger charge is -2.41. The number of nitrogens with zero attached hydrogens (tertiary/aromatic N) is 6. The molecular weight excluding hydrogens is 402 g/mol. The van der Waals surface area contributed by atoms with Gasteiger partial charge in [-0.2, -0.15) is 10.1 Å². The monoisotopic (exact) mass is 431 g/mol. The molecule has 8 nitrogen and oxygen atoms in total. The van der Waals surface area contributed by atoms with Crippen LogP contribution >= 0.6 is 11.6 Å². The van der Waals surface area contributed by atoms with Gasteiger partial charge in [0.1, 0.15) is 5.02 Å². The largest absolute Gasteiger partial charge is 0.355 e. The summed E-state index contributed by atoms with van der Waals surface area (Å²) in [6.45, 7) is 3.78. The fourth-order valence-electron chi connectivity index (χ4n) is 4.84. The number of carbonyl (C=O) groups excluding carboxylic acids is 1. The molecule has 0 radical (unpaired) electrons. The van der Waals surface area contributed by atoms with Crippen molar-refractivity contribution in [1.29, 1.82) is 0 Å². The van der Waals surface area contributed by atoms with Gasteiger partial charge in [0.25, 0.3) is 0 Å². The van der Waals surface area contributed by atoms with E-state index < -0.39 is 0 Å². The van der Waals surface area contributed by atoms with Crippen molar-refractivity contribution in [3.8, 4) is 0 Å². The Morgan fingerprint density at radius 3 is 2.77 bits per heavy atom. The second-order valence-electron chi connectivity index (χ2n) is 8.65. The maximum Gasteiger partial charge on any atom is 0.229 e. The van der Waals surface area contributed by atoms with Crippen molar-refractivity contribution in [1.82, 2.24) is 24.6 Å². The van der Waals surface area contributed by atoms with Crippen molar-refractivity contribution < 1.29 is 4.79 Å². The molecule has 1 saturated heterocycles. The van der Waals surface area contributed by atoms with Gasteiger partial charge >= 0.3 is 0 Å². The summed E-state index contributed by atoms with van der Waals surface area (Å²) in [5.74, 6) is 1.53. The number of halogens is 1. The summed E-state index contributed by atoms with van der Waals surface area (Å²) in [5, 5.41) is 7.89. The van der Waals surface area contributed by atoms with Crippen molar-refractivity contribution in [2.24, 2.45) is 12.5 Å². The van der Waals surface area contributed by atoms with E-state index in [2.05, 4.69) is 37.2 Å². The van der Waals surface area contributed by atoms with Gasteiger partial charge in [-0.1, -0.05) is 18.5 Å². The van der Waals surface area contributed by atoms with E-state index in [1.54, 1.807) is 17.1 Å². The molecule has 3 heterocycles. The van der Waals surface area contributed by atoms with Crippen LogP contribution in [-0.2, 0) is 11.8 Å². The Morgan fingerprint density at radius 2 is 2.10 bits per heavy atom. The molecule has 4 rings (SSSR count). The van der Waals surface area contributed by atoms with Crippen LogP contribution in [0.2, 0.25) is 5.02 Å². The quantitative estimate of drug-likeness (QED) is 0.778. The zero-order valence-corrected chi connectivity index (χ0v) is 18.7. The number of nitrogens with one attached hydrogen (secondary N) is 1. The van der Waals surface area contributed by atoms with Crippen LogP contribution in [0.15, 0.2) is 18.6 Å². The first-order valence-corrected chi connectivity index (χ1v) is 11.1. The van der Waals surface area contributed by atoms with Gasteiger partial charge in [0.05, 0.1) is 18.1 Å². The van der Waals surface area contributed by atoms with Crippen LogP contribution in [0.3, 0.4) is 0 Å². The topological polar surface area (TPSA) is 79.2 Å². The molecule has 0 bridgehead atoms. The van der Waals surface area contributed by atoms with Gasteiger partial charge in [-0.25, -0.2) is 4.98 Å². The summed E-state index contributed by atoms with van der Waals surface area (Å²) in [6.07, 6.45) is 11.4. The third-order valence-corrected chi connectivity index (χ3v) is 6.94. The molecule has 1 saturated carbocycles. The van der Waals surface area contributed by atoms with Gasteiger partial charge in [-0.15, -0.1) is 0 Å². The normalized spacial score (nSPS) is 23.7. The molecule has 1 aliphatic heterocycles. The van der Waals surface area contributed by atoms with E-state index in [0.717, 1.165) is 56.7 Å². The first-order valence-electron chi connectivity index (χ1n) is 10.7. The molecule has 2 aromatic heterocycles. The minimum absolute atomic E-state index is 0.285. The molecule has 162 valence electrons. The maximum absolute atomic E-state index is 12.1. The first-order chi connectivity index (χ1) is 14.4. The number of anilines is 3. The number of aryl methyl sites for hydroxylation is 1. The summed E-state index contributed by atoms with van der Waals surface area (Å²) in [5.41, 5.74) is 1.13. The van der Waals surface area contributed by atoms with Crippen molar-refractivity contribution in [3.05, 3.63) is 23.6 Å². The highest BCUT2D eigenvalue weighted by Gasteiger charge is 2.42. The SMILES string of the molecule is CCC(=O)N1CCC2(CCC(N(C)c3nc(Nc4cnn(C)c4)ncc3Cl)CC2)C1. The molecule has 2 fully saturated rings. The average Bonchev–Trinajstić information content (AvgIpc) is 3.35. The Kier molecular flexibility index (Phi) is 5.86. The van der Waals surface area contributed by atoms with Crippen molar-refractivity contribution >= 4 is 35.0 Å². The van der Waals surface area contributed by atoms with E-state index in [1.165, 1.54) is 0 Å². The highest BCUT2D eigenvalue weighted by atomic mass is 35.5. The summed E-state index contributed by atoms with van der Waals surface area (Å²) >= 11 is 6.45. The zero-order valence-electron chi connectivity index (χ0n) is 17.9. The lowest BCUT2D eigenvalue weighted by atomic mass is 9.71. The minimum atomic E-state index is 0.285. The van der Waals surface area contributed by atoms with Crippen molar-refractivity contribution in [3.63, 3.8) is 0 Å². The standard InChI is InChI=1S/C21H30ClN7O/c1-4-18(30)29-10-9-21(14-29)7-5-16(6-8-21)28(3)19-17(22)12-23-20(26-19)25-15-11-24-27(2)13-15/h11-13,16H,4-10,14H2,1-3H3,(H,23,25,26). The highest BCUT2D eigenvalue weighted by Crippen LogP contribution is 2.45. The van der Waals surface area contributed by atoms with E-state index in [1.807, 2.05) is 20.2 Å². The number of hydrogen-bond donors (Lipinski definition) is 1. The van der Waals surface area contributed by atoms with Crippen molar-refractivity contribution in [2.75, 3.05) is 30.4 Å². The van der Waals surface area contributed by atoms with Gasteiger partial charge in [-0.3, -0.25) is 9.48 Å². The summed E-state index contributed by atoms with van der Waals surface area (Å²) in [6, 6.07) is 0.380. The number of amides is 1. The Labute approximate surface area is 182 Å². The van der Waals surface area contributed by atoms with Crippen LogP contribution < -0.4 is 10.2 Å². The van der Waals surface area contributed by atoms with E-state index in [4.69, 9.17) is 11.6 Å². The molecular formula is C21H30ClN7O. The molecule has 0 aromatic carbocycles. The van der Waals surface area contributed by atoms with Gasteiger partial charge in [0, 0.05) is 45.8 Å². The molecule has 1 N–H and O–H groups in total. The molecule has 0 unspecified atom stereocenters. The predicted octanol–water partition coefficient (Wildman–Crippen LogP) is 3.61. The first kappa shape index (κ1) is 20.9. The lowest BCUT2D eigenvalue weighted by Crippen LogP contribution is -2.41. The Hall–Kier alpha value is -2.35. The number of rotatable bonds is 5. The number of likely N-dealkylation sites (tertiary alicyclic amines) is 1. The molecule has 1 aliphatic carbocycles. The Balaban J connectivity index is 1.41. The van der Waals surface area contributed by atoms with Gasteiger partial charge in [0.15, 0.2) is 5.82 Å². The van der Waals surface area contributed by atoms with E-state index in [0.29, 0.717) is 28.8 Å². The summed E-state index contributed by atoms with van der Waals surface area (Å²) in [7, 11) is 3.93. The molecule has 1 spiro atoms. The molecule has 2 aliphatic rings. The van der Waals surface area contributed by atoms with Gasteiger partial charge < -0.3 is 15.1 Å². The molecule has 2 aromatic rings. The predicted molar refractivity (Wildman–Crippen MR) is 118 cm³/mol. The third kappa shape index (κ3) is 4.24. The minimum Gasteiger partial charge on any atom is -0.355 e. The lowest BCUT2D eigenvalue weighted by molar-refractivity contribution is -0.130. The van der Waals surface area contributed by atoms with E-state index in [9.17, 15) is 4.79 Å². The Bertz CT molecular complexity index is 907. The van der Waals surface area contributed by atoms with Crippen LogP contribution in [0.1, 0.15) is 45.4 Å². The summed E-state index contributed by atoms with van der Waals surface area (Å²) < 4.78 is 1.72. The van der Waals surface area contributed by atoms with Crippen LogP contribution in [0.5, 0.6) is 0 Å². The van der Waals surface area contributed by atoms with Crippen LogP contribution in [0.25, 0.3) is 0 Å². The zero-order chi connectivity index (χ0) is 21.3. The fourth-order valence-corrected chi connectivity index (χ4v) is 5.06.